The molecular formula is C20H35O4P. The van der Waals surface area contributed by atoms with Gasteiger partial charge in [-0.25, -0.2) is 0 Å². The Bertz CT molecular complexity index is 560. The third-order valence-corrected chi connectivity index (χ3v) is 4.77. The molecule has 5 heteroatoms. The Labute approximate surface area is 153 Å². The summed E-state index contributed by atoms with van der Waals surface area (Å²) in [5, 5.41) is 9.36. The van der Waals surface area contributed by atoms with Gasteiger partial charge in [0.05, 0.1) is 0 Å². The normalized spacial score (nSPS) is 15.3. The summed E-state index contributed by atoms with van der Waals surface area (Å²) in [6.45, 7) is 10.3. The van der Waals surface area contributed by atoms with E-state index in [1.165, 1.54) is 22.8 Å². The first kappa shape index (κ1) is 24.1. The average molecular weight is 370 g/mol. The zero-order chi connectivity index (χ0) is 19.5. The van der Waals surface area contributed by atoms with Gasteiger partial charge in [0.25, 0.3) is 0 Å². The highest BCUT2D eigenvalue weighted by Gasteiger charge is 2.23. The van der Waals surface area contributed by atoms with Gasteiger partial charge in [-0.2, -0.15) is 0 Å². The van der Waals surface area contributed by atoms with Gasteiger partial charge in [-0.3, -0.25) is 4.57 Å². The lowest BCUT2D eigenvalue weighted by Gasteiger charge is -2.09. The van der Waals surface area contributed by atoms with Gasteiger partial charge in [0.15, 0.2) is 5.85 Å². The van der Waals surface area contributed by atoms with Crippen molar-refractivity contribution in [3.05, 3.63) is 46.6 Å². The monoisotopic (exact) mass is 370 g/mol. The summed E-state index contributed by atoms with van der Waals surface area (Å²) in [4.78, 5) is 17.7. The fourth-order valence-corrected chi connectivity index (χ4v) is 2.77. The van der Waals surface area contributed by atoms with E-state index in [-0.39, 0.29) is 0 Å². The fraction of sp³-hybridized carbons (Fsp3) is 0.600. The minimum atomic E-state index is -4.45. The van der Waals surface area contributed by atoms with E-state index in [4.69, 9.17) is 9.79 Å². The molecule has 0 saturated heterocycles. The molecule has 0 aliphatic heterocycles. The Morgan fingerprint density at radius 3 is 1.60 bits per heavy atom. The van der Waals surface area contributed by atoms with E-state index < -0.39 is 13.4 Å². The molecule has 0 radical (unpaired) electrons. The highest BCUT2D eigenvalue weighted by Crippen LogP contribution is 2.40. The van der Waals surface area contributed by atoms with Crippen LogP contribution >= 0.6 is 7.60 Å². The van der Waals surface area contributed by atoms with Crippen molar-refractivity contribution < 1.29 is 19.5 Å². The van der Waals surface area contributed by atoms with Gasteiger partial charge in [0.2, 0.25) is 0 Å². The molecule has 0 heterocycles. The van der Waals surface area contributed by atoms with Gasteiger partial charge in [-0.1, -0.05) is 40.5 Å². The Morgan fingerprint density at radius 2 is 1.20 bits per heavy atom. The summed E-state index contributed by atoms with van der Waals surface area (Å²) < 4.78 is 10.9. The highest BCUT2D eigenvalue weighted by molar-refractivity contribution is 7.52. The Hall–Kier alpha value is -0.930. The molecule has 0 bridgehead atoms. The van der Waals surface area contributed by atoms with Crippen LogP contribution < -0.4 is 0 Å². The van der Waals surface area contributed by atoms with Gasteiger partial charge in [0.1, 0.15) is 0 Å². The van der Waals surface area contributed by atoms with Crippen LogP contribution in [0.4, 0.5) is 0 Å². The van der Waals surface area contributed by atoms with Gasteiger partial charge >= 0.3 is 7.60 Å². The van der Waals surface area contributed by atoms with Crippen molar-refractivity contribution in [2.45, 2.75) is 79.0 Å². The molecule has 0 aliphatic carbocycles. The average Bonchev–Trinajstić information content (AvgIpc) is 2.45. The van der Waals surface area contributed by atoms with Gasteiger partial charge in [-0.05, 0) is 79.2 Å². The lowest BCUT2D eigenvalue weighted by Crippen LogP contribution is -2.03. The molecule has 4 nitrogen and oxygen atoms in total. The first-order chi connectivity index (χ1) is 11.5. The fourth-order valence-electron chi connectivity index (χ4n) is 2.32. The quantitative estimate of drug-likeness (QED) is 0.325. The minimum absolute atomic E-state index is 0.686. The third-order valence-electron chi connectivity index (χ3n) is 3.93. The van der Waals surface area contributed by atoms with Crippen molar-refractivity contribution in [3.63, 3.8) is 0 Å². The van der Waals surface area contributed by atoms with Crippen LogP contribution in [0.15, 0.2) is 46.6 Å². The molecule has 0 unspecified atom stereocenters. The van der Waals surface area contributed by atoms with Crippen molar-refractivity contribution in [2.24, 2.45) is 0 Å². The molecule has 25 heavy (non-hydrogen) atoms. The summed E-state index contributed by atoms with van der Waals surface area (Å²) in [6.07, 6.45) is 13.8. The van der Waals surface area contributed by atoms with Crippen molar-refractivity contribution in [2.75, 3.05) is 0 Å². The molecule has 0 aromatic carbocycles. The van der Waals surface area contributed by atoms with Crippen LogP contribution in [-0.4, -0.2) is 20.7 Å². The van der Waals surface area contributed by atoms with Crippen LogP contribution in [0.1, 0.15) is 73.1 Å². The second-order valence-electron chi connectivity index (χ2n) is 7.01. The molecule has 0 spiro atoms. The molecule has 0 aliphatic rings. The maximum Gasteiger partial charge on any atom is 0.357 e. The van der Waals surface area contributed by atoms with Crippen LogP contribution in [0.2, 0.25) is 0 Å². The molecule has 0 amide bonds. The van der Waals surface area contributed by atoms with E-state index in [1.54, 1.807) is 6.92 Å². The summed E-state index contributed by atoms with van der Waals surface area (Å²) >= 11 is 0. The molecule has 0 fully saturated rings. The first-order valence-electron chi connectivity index (χ1n) is 8.87. The van der Waals surface area contributed by atoms with Crippen LogP contribution in [0.25, 0.3) is 0 Å². The third kappa shape index (κ3) is 14.0. The van der Waals surface area contributed by atoms with E-state index in [0.717, 1.165) is 37.7 Å². The predicted molar refractivity (Wildman–Crippen MR) is 106 cm³/mol. The standard InChI is InChI=1S/C20H35O4P/c1-16(2)9-6-10-17(3)11-7-12-18(4)13-8-14-19(5)15-20(21)25(22,23)24/h9,11,13,15,20-21H,6-8,10,12,14H2,1-5H3,(H2,22,23,24)/b17-11+,18-13+,19-15+/t20-/m1/s1. The van der Waals surface area contributed by atoms with Gasteiger partial charge < -0.3 is 14.9 Å². The van der Waals surface area contributed by atoms with Crippen molar-refractivity contribution in [1.82, 2.24) is 0 Å². The van der Waals surface area contributed by atoms with Crippen molar-refractivity contribution >= 4 is 7.60 Å². The van der Waals surface area contributed by atoms with Crippen LogP contribution in [0.3, 0.4) is 0 Å². The van der Waals surface area contributed by atoms with Crippen LogP contribution in [-0.2, 0) is 4.57 Å². The molecule has 0 aromatic heterocycles. The SMILES string of the molecule is CC(C)=CCC/C(C)=C/CC/C(C)=C/CC/C(C)=C/[C@H](O)P(=O)(O)O. The second kappa shape index (κ2) is 12.4. The maximum absolute atomic E-state index is 10.9. The topological polar surface area (TPSA) is 77.8 Å². The maximum atomic E-state index is 10.9. The second-order valence-corrected chi connectivity index (χ2v) is 8.72. The number of aliphatic hydroxyl groups excluding tert-OH is 1. The van der Waals surface area contributed by atoms with E-state index in [1.807, 2.05) is 0 Å². The zero-order valence-corrected chi connectivity index (χ0v) is 17.2. The lowest BCUT2D eigenvalue weighted by atomic mass is 10.0. The van der Waals surface area contributed by atoms with E-state index in [2.05, 4.69) is 45.9 Å². The zero-order valence-electron chi connectivity index (χ0n) is 16.3. The first-order valence-corrected chi connectivity index (χ1v) is 10.6. The van der Waals surface area contributed by atoms with E-state index >= 15 is 0 Å². The summed E-state index contributed by atoms with van der Waals surface area (Å²) in [5.74, 6) is -1.70. The summed E-state index contributed by atoms with van der Waals surface area (Å²) in [7, 11) is -4.45. The highest BCUT2D eigenvalue weighted by atomic mass is 31.2. The number of aliphatic hydroxyl groups is 1. The smallest absolute Gasteiger partial charge is 0.357 e. The molecule has 144 valence electrons. The molecule has 3 N–H and O–H groups in total. The molecule has 0 aromatic rings. The van der Waals surface area contributed by atoms with E-state index in [0.29, 0.717) is 6.42 Å². The van der Waals surface area contributed by atoms with E-state index in [9.17, 15) is 9.67 Å². The Kier molecular flexibility index (Phi) is 12.0. The Balaban J connectivity index is 4.20. The summed E-state index contributed by atoms with van der Waals surface area (Å²) in [6, 6.07) is 0. The van der Waals surface area contributed by atoms with Crippen molar-refractivity contribution in [3.8, 4) is 0 Å². The summed E-state index contributed by atoms with van der Waals surface area (Å²) in [5.41, 5.74) is 4.89. The van der Waals surface area contributed by atoms with Crippen LogP contribution in [0, 0.1) is 0 Å². The molecular weight excluding hydrogens is 335 g/mol. The van der Waals surface area contributed by atoms with Gasteiger partial charge in [0, 0.05) is 0 Å². The lowest BCUT2D eigenvalue weighted by molar-refractivity contribution is 0.237. The predicted octanol–water partition coefficient (Wildman–Crippen LogP) is 5.63. The van der Waals surface area contributed by atoms with Crippen LogP contribution in [0.5, 0.6) is 0 Å². The van der Waals surface area contributed by atoms with Gasteiger partial charge in [-0.15, -0.1) is 0 Å². The Morgan fingerprint density at radius 1 is 0.800 bits per heavy atom. The number of hydrogen-bond donors (Lipinski definition) is 3. The minimum Gasteiger partial charge on any atom is -0.377 e. The number of rotatable bonds is 11. The largest absolute Gasteiger partial charge is 0.377 e. The number of allylic oxidation sites excluding steroid dienone is 7. The molecule has 0 rings (SSSR count). The molecule has 0 saturated carbocycles. The number of hydrogen-bond acceptors (Lipinski definition) is 2. The van der Waals surface area contributed by atoms with Crippen molar-refractivity contribution in [1.29, 1.82) is 0 Å². The molecule has 1 atom stereocenters.